The predicted octanol–water partition coefficient (Wildman–Crippen LogP) is 2.28. The van der Waals surface area contributed by atoms with Crippen LogP contribution in [0.4, 0.5) is 0 Å². The lowest BCUT2D eigenvalue weighted by Gasteiger charge is -2.26. The molecule has 4 rings (SSSR count). The van der Waals surface area contributed by atoms with E-state index in [1.807, 2.05) is 0 Å². The monoisotopic (exact) mass is 417 g/mol. The van der Waals surface area contributed by atoms with Crippen LogP contribution in [0.5, 0.6) is 5.75 Å². The molecule has 0 bridgehead atoms. The topological polar surface area (TPSA) is 37.0 Å². The molecular formula is C20H33Cl2N3O2. The number of nitrogens with one attached hydrogen (secondary N) is 1. The van der Waals surface area contributed by atoms with Crippen molar-refractivity contribution in [2.75, 3.05) is 65.6 Å². The van der Waals surface area contributed by atoms with Gasteiger partial charge >= 0.3 is 0 Å². The number of morpholine rings is 1. The second-order valence-electron chi connectivity index (χ2n) is 7.67. The van der Waals surface area contributed by atoms with Gasteiger partial charge in [0, 0.05) is 39.3 Å². The summed E-state index contributed by atoms with van der Waals surface area (Å²) in [5.74, 6) is 2.73. The summed E-state index contributed by atoms with van der Waals surface area (Å²) < 4.78 is 11.3. The van der Waals surface area contributed by atoms with Crippen molar-refractivity contribution in [2.45, 2.75) is 13.0 Å². The zero-order valence-corrected chi connectivity index (χ0v) is 17.6. The second-order valence-corrected chi connectivity index (χ2v) is 7.67. The fraction of sp³-hybridized carbons (Fsp3) is 0.700. The van der Waals surface area contributed by atoms with Gasteiger partial charge in [-0.25, -0.2) is 0 Å². The first-order valence-corrected chi connectivity index (χ1v) is 9.82. The lowest BCUT2D eigenvalue weighted by molar-refractivity contribution is 0.0358. The van der Waals surface area contributed by atoms with Crippen molar-refractivity contribution in [3.8, 4) is 5.75 Å². The second kappa shape index (κ2) is 11.4. The van der Waals surface area contributed by atoms with E-state index >= 15 is 0 Å². The molecule has 3 aliphatic heterocycles. The summed E-state index contributed by atoms with van der Waals surface area (Å²) in [5, 5.41) is 3.51. The van der Waals surface area contributed by atoms with E-state index in [4.69, 9.17) is 9.47 Å². The number of benzene rings is 1. The highest BCUT2D eigenvalue weighted by Crippen LogP contribution is 2.27. The van der Waals surface area contributed by atoms with Gasteiger partial charge in [-0.05, 0) is 49.0 Å². The van der Waals surface area contributed by atoms with Crippen LogP contribution in [0.15, 0.2) is 24.3 Å². The van der Waals surface area contributed by atoms with E-state index in [9.17, 15) is 0 Å². The third-order valence-corrected chi connectivity index (χ3v) is 5.79. The van der Waals surface area contributed by atoms with Crippen LogP contribution < -0.4 is 10.1 Å². The molecule has 7 heteroatoms. The van der Waals surface area contributed by atoms with E-state index in [-0.39, 0.29) is 24.8 Å². The van der Waals surface area contributed by atoms with Crippen LogP contribution in [0.2, 0.25) is 0 Å². The summed E-state index contributed by atoms with van der Waals surface area (Å²) in [5.41, 5.74) is 1.40. The number of hydrogen-bond donors (Lipinski definition) is 1. The zero-order chi connectivity index (χ0) is 16.9. The number of ether oxygens (including phenoxy) is 2. The highest BCUT2D eigenvalue weighted by molar-refractivity contribution is 5.85. The Labute approximate surface area is 175 Å². The van der Waals surface area contributed by atoms with Crippen LogP contribution in [0.3, 0.4) is 0 Å². The smallest absolute Gasteiger partial charge is 0.119 e. The predicted molar refractivity (Wildman–Crippen MR) is 113 cm³/mol. The Kier molecular flexibility index (Phi) is 9.63. The molecule has 27 heavy (non-hydrogen) atoms. The van der Waals surface area contributed by atoms with E-state index in [0.717, 1.165) is 70.0 Å². The maximum absolute atomic E-state index is 5.90. The van der Waals surface area contributed by atoms with Gasteiger partial charge in [-0.15, -0.1) is 24.8 Å². The summed E-state index contributed by atoms with van der Waals surface area (Å²) in [7, 11) is 0. The van der Waals surface area contributed by atoms with Gasteiger partial charge in [0.2, 0.25) is 0 Å². The van der Waals surface area contributed by atoms with Crippen molar-refractivity contribution in [1.82, 2.24) is 15.1 Å². The Balaban J connectivity index is 0.00000131. The Morgan fingerprint density at radius 2 is 1.63 bits per heavy atom. The van der Waals surface area contributed by atoms with Crippen LogP contribution >= 0.6 is 24.8 Å². The van der Waals surface area contributed by atoms with Crippen molar-refractivity contribution < 1.29 is 9.47 Å². The van der Waals surface area contributed by atoms with Gasteiger partial charge in [0.25, 0.3) is 0 Å². The van der Waals surface area contributed by atoms with E-state index < -0.39 is 0 Å². The molecule has 0 radical (unpaired) electrons. The lowest BCUT2D eigenvalue weighted by atomic mass is 10.0. The standard InChI is InChI=1S/C20H31N3O2.2ClH/c1(6-22-7-10-24-11-8-22)9-25-20-4-2-17(3-5-20)14-23-15-18-12-21-13-19(18)16-23;;/h2-5,18-19,21H,1,6-16H2;2*1H/t18-,19+;;. The minimum atomic E-state index is 0. The van der Waals surface area contributed by atoms with E-state index in [0.29, 0.717) is 0 Å². The Bertz CT molecular complexity index is 529. The molecule has 5 nitrogen and oxygen atoms in total. The van der Waals surface area contributed by atoms with E-state index in [1.165, 1.54) is 31.7 Å². The molecule has 1 aromatic carbocycles. The molecule has 0 aromatic heterocycles. The van der Waals surface area contributed by atoms with Gasteiger partial charge < -0.3 is 14.8 Å². The summed E-state index contributed by atoms with van der Waals surface area (Å²) in [6, 6.07) is 8.71. The van der Waals surface area contributed by atoms with Crippen molar-refractivity contribution in [1.29, 1.82) is 0 Å². The third kappa shape index (κ3) is 6.48. The van der Waals surface area contributed by atoms with E-state index in [2.05, 4.69) is 39.4 Å². The van der Waals surface area contributed by atoms with Crippen molar-refractivity contribution >= 4 is 24.8 Å². The van der Waals surface area contributed by atoms with Crippen molar-refractivity contribution in [3.05, 3.63) is 29.8 Å². The zero-order valence-electron chi connectivity index (χ0n) is 16.0. The molecule has 0 saturated carbocycles. The molecule has 1 aromatic rings. The fourth-order valence-corrected chi connectivity index (χ4v) is 4.33. The van der Waals surface area contributed by atoms with Crippen LogP contribution in [0, 0.1) is 11.8 Å². The third-order valence-electron chi connectivity index (χ3n) is 5.79. The normalized spacial score (nSPS) is 25.5. The quantitative estimate of drug-likeness (QED) is 0.688. The minimum absolute atomic E-state index is 0. The number of hydrogen-bond acceptors (Lipinski definition) is 5. The highest BCUT2D eigenvalue weighted by atomic mass is 35.5. The maximum atomic E-state index is 5.90. The van der Waals surface area contributed by atoms with Gasteiger partial charge in [0.05, 0.1) is 19.8 Å². The molecule has 3 fully saturated rings. The number of halogens is 2. The Hall–Kier alpha value is -0.560. The maximum Gasteiger partial charge on any atom is 0.119 e. The first kappa shape index (κ1) is 22.7. The van der Waals surface area contributed by atoms with Gasteiger partial charge in [0.15, 0.2) is 0 Å². The number of fused-ring (bicyclic) bond motifs is 1. The highest BCUT2D eigenvalue weighted by Gasteiger charge is 2.35. The largest absolute Gasteiger partial charge is 0.494 e. The first-order valence-electron chi connectivity index (χ1n) is 9.82. The molecule has 0 spiro atoms. The molecule has 0 aliphatic carbocycles. The average molecular weight is 418 g/mol. The number of rotatable bonds is 7. The lowest BCUT2D eigenvalue weighted by Crippen LogP contribution is -2.37. The van der Waals surface area contributed by atoms with Crippen LogP contribution in [0.1, 0.15) is 12.0 Å². The van der Waals surface area contributed by atoms with Crippen LogP contribution in [-0.4, -0.2) is 75.4 Å². The number of likely N-dealkylation sites (tertiary alicyclic amines) is 1. The Morgan fingerprint density at radius 1 is 0.963 bits per heavy atom. The van der Waals surface area contributed by atoms with Crippen LogP contribution in [0.25, 0.3) is 0 Å². The molecule has 3 heterocycles. The molecule has 0 unspecified atom stereocenters. The van der Waals surface area contributed by atoms with Gasteiger partial charge in [0.1, 0.15) is 5.75 Å². The summed E-state index contributed by atoms with van der Waals surface area (Å²) in [4.78, 5) is 5.06. The summed E-state index contributed by atoms with van der Waals surface area (Å²) in [6.07, 6.45) is 1.08. The molecule has 154 valence electrons. The molecule has 2 atom stereocenters. The molecular weight excluding hydrogens is 385 g/mol. The van der Waals surface area contributed by atoms with Crippen molar-refractivity contribution in [3.63, 3.8) is 0 Å². The molecule has 3 aliphatic rings. The summed E-state index contributed by atoms with van der Waals surface area (Å²) in [6.45, 7) is 11.7. The first-order chi connectivity index (χ1) is 12.4. The molecule has 3 saturated heterocycles. The average Bonchev–Trinajstić information content (AvgIpc) is 3.23. The van der Waals surface area contributed by atoms with E-state index in [1.54, 1.807) is 0 Å². The van der Waals surface area contributed by atoms with Crippen molar-refractivity contribution in [2.24, 2.45) is 11.8 Å². The fourth-order valence-electron chi connectivity index (χ4n) is 4.33. The van der Waals surface area contributed by atoms with Crippen LogP contribution in [-0.2, 0) is 11.3 Å². The molecule has 1 N–H and O–H groups in total. The van der Waals surface area contributed by atoms with Gasteiger partial charge in [-0.2, -0.15) is 0 Å². The van der Waals surface area contributed by atoms with Gasteiger partial charge in [-0.1, -0.05) is 12.1 Å². The summed E-state index contributed by atoms with van der Waals surface area (Å²) >= 11 is 0. The SMILES string of the molecule is Cl.Cl.c1cc(OCCCN2CCOCC2)ccc1CN1C[C@H]2CNC[C@H]2C1. The number of nitrogens with zero attached hydrogens (tertiary/aromatic N) is 2. The Morgan fingerprint density at radius 3 is 2.30 bits per heavy atom. The molecule has 0 amide bonds. The minimum Gasteiger partial charge on any atom is -0.494 e. The van der Waals surface area contributed by atoms with Gasteiger partial charge in [-0.3, -0.25) is 9.80 Å².